The van der Waals surface area contributed by atoms with Crippen molar-refractivity contribution < 1.29 is 17.6 Å². The predicted octanol–water partition coefficient (Wildman–Crippen LogP) is 2.80. The first-order chi connectivity index (χ1) is 16.0. The van der Waals surface area contributed by atoms with Gasteiger partial charge in [-0.25, -0.2) is 22.1 Å². The number of amides is 1. The number of halogens is 1. The van der Waals surface area contributed by atoms with Crippen LogP contribution in [0.25, 0.3) is 11.0 Å². The van der Waals surface area contributed by atoms with E-state index in [4.69, 9.17) is 0 Å². The van der Waals surface area contributed by atoms with E-state index in [2.05, 4.69) is 10.3 Å². The van der Waals surface area contributed by atoms with Crippen molar-refractivity contribution in [2.75, 3.05) is 34.7 Å². The van der Waals surface area contributed by atoms with Crippen LogP contribution < -0.4 is 5.32 Å². The molecular formula is C24H32FN5O3S. The molecule has 184 valence electrons. The van der Waals surface area contributed by atoms with Gasteiger partial charge in [0.2, 0.25) is 15.9 Å². The van der Waals surface area contributed by atoms with Gasteiger partial charge in [0.1, 0.15) is 11.6 Å². The molecule has 8 nitrogen and oxygen atoms in total. The third kappa shape index (κ3) is 5.63. The molecule has 1 amide bonds. The highest BCUT2D eigenvalue weighted by molar-refractivity contribution is 7.89. The number of carbonyl (C=O) groups excluding carboxylic acids is 1. The Balaban J connectivity index is 1.71. The van der Waals surface area contributed by atoms with Gasteiger partial charge >= 0.3 is 0 Å². The van der Waals surface area contributed by atoms with Crippen LogP contribution in [0.4, 0.5) is 4.39 Å². The molecule has 0 radical (unpaired) electrons. The number of sulfonamides is 1. The maximum atomic E-state index is 13.6. The molecule has 0 saturated carbocycles. The van der Waals surface area contributed by atoms with Crippen LogP contribution in [-0.4, -0.2) is 67.8 Å². The number of rotatable bonds is 10. The molecule has 1 heterocycles. The van der Waals surface area contributed by atoms with Gasteiger partial charge in [-0.3, -0.25) is 4.79 Å². The number of nitrogens with zero attached hydrogens (tertiary/aromatic N) is 4. The SMILES string of the molecule is CCn1c(CCC(=O)NCC(c2cccc(F)c2)N(C)C)nc2cc(S(=O)(=O)N(C)C)ccc21. The van der Waals surface area contributed by atoms with Crippen LogP contribution in [0.15, 0.2) is 47.4 Å². The second-order valence-corrected chi connectivity index (χ2v) is 10.7. The van der Waals surface area contributed by atoms with Crippen LogP contribution in [0.2, 0.25) is 0 Å². The molecule has 0 aliphatic rings. The number of hydrogen-bond acceptors (Lipinski definition) is 5. The van der Waals surface area contributed by atoms with Crippen LogP contribution >= 0.6 is 0 Å². The summed E-state index contributed by atoms with van der Waals surface area (Å²) >= 11 is 0. The molecule has 1 N–H and O–H groups in total. The Morgan fingerprint density at radius 1 is 1.15 bits per heavy atom. The summed E-state index contributed by atoms with van der Waals surface area (Å²) in [5, 5.41) is 2.94. The van der Waals surface area contributed by atoms with Crippen molar-refractivity contribution in [1.82, 2.24) is 24.1 Å². The zero-order chi connectivity index (χ0) is 25.0. The quantitative estimate of drug-likeness (QED) is 0.473. The molecule has 0 fully saturated rings. The van der Waals surface area contributed by atoms with Gasteiger partial charge in [-0.1, -0.05) is 12.1 Å². The molecule has 10 heteroatoms. The first kappa shape index (κ1) is 25.8. The average molecular weight is 490 g/mol. The number of benzene rings is 2. The van der Waals surface area contributed by atoms with Crippen LogP contribution in [0.1, 0.15) is 30.8 Å². The molecule has 3 rings (SSSR count). The first-order valence-electron chi connectivity index (χ1n) is 11.1. The summed E-state index contributed by atoms with van der Waals surface area (Å²) in [4.78, 5) is 19.3. The van der Waals surface area contributed by atoms with Crippen molar-refractivity contribution in [3.05, 3.63) is 59.7 Å². The smallest absolute Gasteiger partial charge is 0.242 e. The fourth-order valence-electron chi connectivity index (χ4n) is 3.91. The monoisotopic (exact) mass is 489 g/mol. The minimum absolute atomic E-state index is 0.131. The van der Waals surface area contributed by atoms with Crippen molar-refractivity contribution in [3.8, 4) is 0 Å². The molecule has 0 saturated heterocycles. The number of carbonyl (C=O) groups is 1. The second kappa shape index (κ2) is 10.6. The Hall–Kier alpha value is -2.82. The van der Waals surface area contributed by atoms with E-state index in [0.29, 0.717) is 25.0 Å². The molecule has 1 atom stereocenters. The Labute approximate surface area is 200 Å². The fraction of sp³-hybridized carbons (Fsp3) is 0.417. The Morgan fingerprint density at radius 3 is 2.50 bits per heavy atom. The van der Waals surface area contributed by atoms with Gasteiger partial charge in [0.15, 0.2) is 0 Å². The summed E-state index contributed by atoms with van der Waals surface area (Å²) in [6, 6.07) is 11.1. The summed E-state index contributed by atoms with van der Waals surface area (Å²) < 4.78 is 41.7. The molecule has 1 unspecified atom stereocenters. The van der Waals surface area contributed by atoms with Gasteiger partial charge in [0, 0.05) is 40.0 Å². The lowest BCUT2D eigenvalue weighted by atomic mass is 10.1. The first-order valence-corrected chi connectivity index (χ1v) is 12.6. The van der Waals surface area contributed by atoms with Crippen LogP contribution in [-0.2, 0) is 27.8 Å². The van der Waals surface area contributed by atoms with Gasteiger partial charge in [0.05, 0.1) is 22.0 Å². The van der Waals surface area contributed by atoms with E-state index in [1.165, 1.54) is 30.5 Å². The Bertz CT molecular complexity index is 1270. The fourth-order valence-corrected chi connectivity index (χ4v) is 4.83. The topological polar surface area (TPSA) is 87.5 Å². The third-order valence-corrected chi connectivity index (χ3v) is 7.63. The van der Waals surface area contributed by atoms with Crippen LogP contribution in [0.5, 0.6) is 0 Å². The van der Waals surface area contributed by atoms with E-state index >= 15 is 0 Å². The summed E-state index contributed by atoms with van der Waals surface area (Å²) in [6.07, 6.45) is 0.645. The average Bonchev–Trinajstić information content (AvgIpc) is 3.14. The molecule has 0 spiro atoms. The number of likely N-dealkylation sites (N-methyl/N-ethyl adjacent to an activating group) is 1. The summed E-state index contributed by atoms with van der Waals surface area (Å²) in [5.41, 5.74) is 2.20. The zero-order valence-corrected chi connectivity index (χ0v) is 21.1. The Kier molecular flexibility index (Phi) is 8.06. The molecule has 34 heavy (non-hydrogen) atoms. The van der Waals surface area contributed by atoms with E-state index in [1.807, 2.05) is 36.6 Å². The molecule has 2 aromatic carbocycles. The molecule has 1 aromatic heterocycles. The minimum Gasteiger partial charge on any atom is -0.354 e. The van der Waals surface area contributed by atoms with E-state index in [0.717, 1.165) is 16.9 Å². The molecular weight excluding hydrogens is 457 g/mol. The van der Waals surface area contributed by atoms with Gasteiger partial charge < -0.3 is 14.8 Å². The van der Waals surface area contributed by atoms with Gasteiger partial charge in [-0.05, 0) is 56.9 Å². The standard InChI is InChI=1S/C24H32FN5O3S/c1-6-30-21-11-10-19(34(32,33)29(4)5)15-20(21)27-23(30)12-13-24(31)26-16-22(28(2)3)17-8-7-9-18(25)14-17/h7-11,14-15,22H,6,12-13,16H2,1-5H3,(H,26,31). The lowest BCUT2D eigenvalue weighted by Gasteiger charge is -2.25. The van der Waals surface area contributed by atoms with Crippen molar-refractivity contribution in [1.29, 1.82) is 0 Å². The van der Waals surface area contributed by atoms with Gasteiger partial charge in [-0.15, -0.1) is 0 Å². The minimum atomic E-state index is -3.56. The van der Waals surface area contributed by atoms with E-state index in [1.54, 1.807) is 24.3 Å². The molecule has 0 aliphatic heterocycles. The Morgan fingerprint density at radius 2 is 1.88 bits per heavy atom. The van der Waals surface area contributed by atoms with Crippen LogP contribution in [0, 0.1) is 5.82 Å². The highest BCUT2D eigenvalue weighted by Gasteiger charge is 2.20. The third-order valence-electron chi connectivity index (χ3n) is 5.82. The number of aromatic nitrogens is 2. The van der Waals surface area contributed by atoms with Gasteiger partial charge in [0.25, 0.3) is 0 Å². The zero-order valence-electron chi connectivity index (χ0n) is 20.2. The number of fused-ring (bicyclic) bond motifs is 1. The number of aryl methyl sites for hydroxylation is 2. The van der Waals surface area contributed by atoms with E-state index in [-0.39, 0.29) is 29.1 Å². The largest absolute Gasteiger partial charge is 0.354 e. The molecule has 0 bridgehead atoms. The van der Waals surface area contributed by atoms with E-state index in [9.17, 15) is 17.6 Å². The van der Waals surface area contributed by atoms with Crippen molar-refractivity contribution in [2.45, 2.75) is 37.2 Å². The van der Waals surface area contributed by atoms with E-state index < -0.39 is 10.0 Å². The number of nitrogens with one attached hydrogen (secondary N) is 1. The summed E-state index contributed by atoms with van der Waals surface area (Å²) in [7, 11) is 3.19. The maximum absolute atomic E-state index is 13.6. The van der Waals surface area contributed by atoms with Crippen LogP contribution in [0.3, 0.4) is 0 Å². The number of imidazole rings is 1. The van der Waals surface area contributed by atoms with Crippen molar-refractivity contribution in [2.24, 2.45) is 0 Å². The van der Waals surface area contributed by atoms with Crippen molar-refractivity contribution in [3.63, 3.8) is 0 Å². The second-order valence-electron chi connectivity index (χ2n) is 8.55. The lowest BCUT2D eigenvalue weighted by molar-refractivity contribution is -0.121. The predicted molar refractivity (Wildman–Crippen MR) is 130 cm³/mol. The maximum Gasteiger partial charge on any atom is 0.242 e. The van der Waals surface area contributed by atoms with Crippen molar-refractivity contribution >= 4 is 27.0 Å². The molecule has 0 aliphatic carbocycles. The summed E-state index contributed by atoms with van der Waals surface area (Å²) in [5.74, 6) is 0.283. The lowest BCUT2D eigenvalue weighted by Crippen LogP contribution is -2.34. The highest BCUT2D eigenvalue weighted by Crippen LogP contribution is 2.23. The highest BCUT2D eigenvalue weighted by atomic mass is 32.2. The normalized spacial score (nSPS) is 13.1. The number of hydrogen-bond donors (Lipinski definition) is 1. The summed E-state index contributed by atoms with van der Waals surface area (Å²) in [6.45, 7) is 2.98. The van der Waals surface area contributed by atoms with Gasteiger partial charge in [-0.2, -0.15) is 0 Å². The molecule has 3 aromatic rings.